The molecule has 4 rings (SSSR count). The number of aryl methyl sites for hydroxylation is 1. The van der Waals surface area contributed by atoms with Crippen molar-refractivity contribution in [3.63, 3.8) is 0 Å². The number of hydrogen-bond donors (Lipinski definition) is 0. The van der Waals surface area contributed by atoms with Crippen LogP contribution in [0.25, 0.3) is 16.6 Å². The van der Waals surface area contributed by atoms with Crippen molar-refractivity contribution >= 4 is 16.6 Å². The number of hydrogen-bond acceptors (Lipinski definition) is 4. The summed E-state index contributed by atoms with van der Waals surface area (Å²) in [6, 6.07) is 7.93. The first kappa shape index (κ1) is 11.1. The van der Waals surface area contributed by atoms with Crippen LogP contribution < -0.4 is 0 Å². The van der Waals surface area contributed by atoms with Crippen LogP contribution in [0.15, 0.2) is 43.0 Å². The molecule has 0 saturated carbocycles. The first-order chi connectivity index (χ1) is 9.79. The lowest BCUT2D eigenvalue weighted by molar-refractivity contribution is 0.653. The molecule has 0 unspecified atom stereocenters. The molecule has 3 heterocycles. The summed E-state index contributed by atoms with van der Waals surface area (Å²) in [4.78, 5) is 8.97. The maximum atomic E-state index is 4.60. The quantitative estimate of drug-likeness (QED) is 0.554. The van der Waals surface area contributed by atoms with Gasteiger partial charge in [-0.25, -0.2) is 14.5 Å². The average Bonchev–Trinajstić information content (AvgIpc) is 3.05. The summed E-state index contributed by atoms with van der Waals surface area (Å²) < 4.78 is 3.55. The molecule has 0 amide bonds. The van der Waals surface area contributed by atoms with Crippen LogP contribution in [-0.2, 0) is 6.54 Å². The molecule has 0 saturated heterocycles. The van der Waals surface area contributed by atoms with E-state index in [4.69, 9.17) is 0 Å². The Balaban J connectivity index is 1.84. The molecule has 0 aliphatic carbocycles. The van der Waals surface area contributed by atoms with E-state index in [1.807, 2.05) is 48.3 Å². The fourth-order valence-electron chi connectivity index (χ4n) is 2.29. The van der Waals surface area contributed by atoms with Crippen molar-refractivity contribution in [1.29, 1.82) is 0 Å². The van der Waals surface area contributed by atoms with E-state index >= 15 is 0 Å². The Bertz CT molecular complexity index is 904. The maximum absolute atomic E-state index is 4.60. The molecule has 0 N–H and O–H groups in total. The smallest absolute Gasteiger partial charge is 0.173 e. The third-order valence-electron chi connectivity index (χ3n) is 3.19. The summed E-state index contributed by atoms with van der Waals surface area (Å²) >= 11 is 0. The second-order valence-electron chi connectivity index (χ2n) is 4.77. The van der Waals surface area contributed by atoms with E-state index < -0.39 is 0 Å². The van der Waals surface area contributed by atoms with Crippen LogP contribution in [-0.4, -0.2) is 29.4 Å². The maximum Gasteiger partial charge on any atom is 0.173 e. The molecule has 3 aromatic heterocycles. The Kier molecular flexibility index (Phi) is 2.29. The standard InChI is InChI=1S/C14H12N6/c1-10-6-16-19(7-10)8-13-17-14-11-4-2-3-5-12(11)15-9-20(14)18-13/h2-7,9H,8H2,1H3. The molecule has 20 heavy (non-hydrogen) atoms. The lowest BCUT2D eigenvalue weighted by Gasteiger charge is -1.96. The van der Waals surface area contributed by atoms with Crippen LogP contribution in [0.5, 0.6) is 0 Å². The van der Waals surface area contributed by atoms with E-state index in [1.165, 1.54) is 0 Å². The molecule has 6 heteroatoms. The van der Waals surface area contributed by atoms with Gasteiger partial charge in [-0.15, -0.1) is 5.10 Å². The topological polar surface area (TPSA) is 60.9 Å². The number of nitrogens with zero attached hydrogens (tertiary/aromatic N) is 6. The molecule has 98 valence electrons. The van der Waals surface area contributed by atoms with Crippen molar-refractivity contribution in [3.8, 4) is 0 Å². The van der Waals surface area contributed by atoms with Crippen molar-refractivity contribution < 1.29 is 0 Å². The third-order valence-corrected chi connectivity index (χ3v) is 3.19. The normalized spacial score (nSPS) is 11.4. The van der Waals surface area contributed by atoms with Gasteiger partial charge in [-0.2, -0.15) is 5.10 Å². The Morgan fingerprint density at radius 3 is 2.95 bits per heavy atom. The van der Waals surface area contributed by atoms with Gasteiger partial charge in [-0.3, -0.25) is 4.68 Å². The number of fused-ring (bicyclic) bond motifs is 3. The highest BCUT2D eigenvalue weighted by Gasteiger charge is 2.08. The zero-order valence-corrected chi connectivity index (χ0v) is 10.9. The molecule has 0 atom stereocenters. The van der Waals surface area contributed by atoms with E-state index in [0.717, 1.165) is 27.9 Å². The highest BCUT2D eigenvalue weighted by molar-refractivity contribution is 5.90. The van der Waals surface area contributed by atoms with E-state index in [2.05, 4.69) is 20.2 Å². The second-order valence-corrected chi connectivity index (χ2v) is 4.77. The molecule has 1 aromatic carbocycles. The van der Waals surface area contributed by atoms with E-state index in [1.54, 1.807) is 10.8 Å². The Labute approximate surface area is 114 Å². The van der Waals surface area contributed by atoms with Gasteiger partial charge in [0.05, 0.1) is 11.7 Å². The first-order valence-corrected chi connectivity index (χ1v) is 6.38. The Morgan fingerprint density at radius 2 is 2.10 bits per heavy atom. The van der Waals surface area contributed by atoms with E-state index in [9.17, 15) is 0 Å². The highest BCUT2D eigenvalue weighted by atomic mass is 15.3. The number of para-hydroxylation sites is 1. The van der Waals surface area contributed by atoms with Gasteiger partial charge >= 0.3 is 0 Å². The minimum absolute atomic E-state index is 0.559. The van der Waals surface area contributed by atoms with Gasteiger partial charge in [0.1, 0.15) is 12.9 Å². The third kappa shape index (κ3) is 1.73. The van der Waals surface area contributed by atoms with E-state index in [-0.39, 0.29) is 0 Å². The molecule has 0 bridgehead atoms. The van der Waals surface area contributed by atoms with Gasteiger partial charge in [-0.05, 0) is 24.6 Å². The van der Waals surface area contributed by atoms with Crippen molar-refractivity contribution in [2.24, 2.45) is 0 Å². The van der Waals surface area contributed by atoms with Gasteiger partial charge in [0.15, 0.2) is 11.5 Å². The summed E-state index contributed by atoms with van der Waals surface area (Å²) in [7, 11) is 0. The molecule has 4 aromatic rings. The van der Waals surface area contributed by atoms with Gasteiger partial charge in [0.2, 0.25) is 0 Å². The largest absolute Gasteiger partial charge is 0.265 e. The van der Waals surface area contributed by atoms with Gasteiger partial charge in [0.25, 0.3) is 0 Å². The SMILES string of the molecule is Cc1cnn(Cc2nc3c4ccccc4ncn3n2)c1. The molecule has 0 spiro atoms. The van der Waals surface area contributed by atoms with Crippen molar-refractivity contribution in [2.75, 3.05) is 0 Å². The number of benzene rings is 1. The molecule has 0 fully saturated rings. The molecule has 0 radical (unpaired) electrons. The summed E-state index contributed by atoms with van der Waals surface area (Å²) in [5.41, 5.74) is 2.88. The minimum Gasteiger partial charge on any atom is -0.265 e. The fraction of sp³-hybridized carbons (Fsp3) is 0.143. The zero-order chi connectivity index (χ0) is 13.5. The molecular formula is C14H12N6. The van der Waals surface area contributed by atoms with Crippen molar-refractivity contribution in [3.05, 3.63) is 54.4 Å². The molecule has 0 aliphatic heterocycles. The second kappa shape index (κ2) is 4.12. The number of aromatic nitrogens is 6. The number of rotatable bonds is 2. The van der Waals surface area contributed by atoms with Crippen molar-refractivity contribution in [2.45, 2.75) is 13.5 Å². The summed E-state index contributed by atoms with van der Waals surface area (Å²) in [6.45, 7) is 2.57. The summed E-state index contributed by atoms with van der Waals surface area (Å²) in [6.07, 6.45) is 5.50. The summed E-state index contributed by atoms with van der Waals surface area (Å²) in [5, 5.41) is 9.71. The Morgan fingerprint density at radius 1 is 1.20 bits per heavy atom. The van der Waals surface area contributed by atoms with Gasteiger partial charge in [0, 0.05) is 11.6 Å². The van der Waals surface area contributed by atoms with Crippen LogP contribution in [0.2, 0.25) is 0 Å². The van der Waals surface area contributed by atoms with Crippen LogP contribution in [0.3, 0.4) is 0 Å². The highest BCUT2D eigenvalue weighted by Crippen LogP contribution is 2.15. The molecular weight excluding hydrogens is 252 g/mol. The average molecular weight is 264 g/mol. The van der Waals surface area contributed by atoms with Crippen LogP contribution in [0.4, 0.5) is 0 Å². The van der Waals surface area contributed by atoms with Crippen molar-refractivity contribution in [1.82, 2.24) is 29.4 Å². The Hall–Kier alpha value is -2.76. The first-order valence-electron chi connectivity index (χ1n) is 6.38. The lowest BCUT2D eigenvalue weighted by atomic mass is 10.2. The predicted octanol–water partition coefficient (Wildman–Crippen LogP) is 1.83. The van der Waals surface area contributed by atoms with Gasteiger partial charge < -0.3 is 0 Å². The van der Waals surface area contributed by atoms with Crippen LogP contribution >= 0.6 is 0 Å². The summed E-state index contributed by atoms with van der Waals surface area (Å²) in [5.74, 6) is 0.728. The lowest BCUT2D eigenvalue weighted by Crippen LogP contribution is -2.02. The monoisotopic (exact) mass is 264 g/mol. The van der Waals surface area contributed by atoms with E-state index in [0.29, 0.717) is 6.54 Å². The zero-order valence-electron chi connectivity index (χ0n) is 10.9. The molecule has 0 aliphatic rings. The van der Waals surface area contributed by atoms with Crippen LogP contribution in [0.1, 0.15) is 11.4 Å². The van der Waals surface area contributed by atoms with Gasteiger partial charge in [-0.1, -0.05) is 12.1 Å². The van der Waals surface area contributed by atoms with Crippen LogP contribution in [0, 0.1) is 6.92 Å². The minimum atomic E-state index is 0.559. The fourth-order valence-corrected chi connectivity index (χ4v) is 2.29. The molecule has 6 nitrogen and oxygen atoms in total. The predicted molar refractivity (Wildman–Crippen MR) is 74.4 cm³/mol.